The largest absolute Gasteiger partial charge is 0.382 e. The molecule has 2 aromatic rings. The number of rotatable bonds is 4. The molecule has 126 valence electrons. The van der Waals surface area contributed by atoms with Gasteiger partial charge < -0.3 is 10.6 Å². The number of anilines is 1. The summed E-state index contributed by atoms with van der Waals surface area (Å²) in [5, 5.41) is 0.423. The van der Waals surface area contributed by atoms with Gasteiger partial charge in [-0.3, -0.25) is 4.79 Å². The van der Waals surface area contributed by atoms with Gasteiger partial charge in [0.15, 0.2) is 0 Å². The highest BCUT2D eigenvalue weighted by Gasteiger charge is 2.28. The summed E-state index contributed by atoms with van der Waals surface area (Å²) >= 11 is 6.06. The summed E-state index contributed by atoms with van der Waals surface area (Å²) in [6, 6.07) is 9.79. The number of pyridine rings is 1. The lowest BCUT2D eigenvalue weighted by Crippen LogP contribution is -2.35. The molecule has 0 bridgehead atoms. The average molecular weight is 344 g/mol. The second-order valence-corrected chi connectivity index (χ2v) is 6.66. The SMILES string of the molecule is CCC[C@@H]1CCCN1C(=O)c1cccc(-c2cnc(N)c(Cl)c2)c1. The van der Waals surface area contributed by atoms with Crippen LogP contribution in [0.15, 0.2) is 36.5 Å². The number of nitrogens with two attached hydrogens (primary N) is 1. The molecule has 1 atom stereocenters. The molecular formula is C19H22ClN3O. The first-order chi connectivity index (χ1) is 11.6. The van der Waals surface area contributed by atoms with Gasteiger partial charge in [0.05, 0.1) is 5.02 Å². The van der Waals surface area contributed by atoms with Crippen LogP contribution in [0.2, 0.25) is 5.02 Å². The number of hydrogen-bond donors (Lipinski definition) is 1. The normalized spacial score (nSPS) is 17.2. The fourth-order valence-electron chi connectivity index (χ4n) is 3.34. The van der Waals surface area contributed by atoms with Crippen LogP contribution in [0.1, 0.15) is 43.0 Å². The predicted molar refractivity (Wildman–Crippen MR) is 98.1 cm³/mol. The molecule has 1 aromatic carbocycles. The molecule has 1 aromatic heterocycles. The van der Waals surface area contributed by atoms with E-state index < -0.39 is 0 Å². The van der Waals surface area contributed by atoms with Gasteiger partial charge in [-0.1, -0.05) is 37.1 Å². The number of benzene rings is 1. The minimum Gasteiger partial charge on any atom is -0.382 e. The smallest absolute Gasteiger partial charge is 0.254 e. The van der Waals surface area contributed by atoms with E-state index in [9.17, 15) is 4.79 Å². The van der Waals surface area contributed by atoms with Crippen molar-refractivity contribution < 1.29 is 4.79 Å². The van der Waals surface area contributed by atoms with E-state index in [4.69, 9.17) is 17.3 Å². The molecule has 1 saturated heterocycles. The Hall–Kier alpha value is -2.07. The van der Waals surface area contributed by atoms with E-state index in [0.717, 1.165) is 43.4 Å². The van der Waals surface area contributed by atoms with Crippen LogP contribution in [-0.4, -0.2) is 28.4 Å². The van der Waals surface area contributed by atoms with Gasteiger partial charge in [0.1, 0.15) is 5.82 Å². The standard InChI is InChI=1S/C19H22ClN3O/c1-2-5-16-8-4-9-23(16)19(24)14-7-3-6-13(10-14)15-11-17(20)18(21)22-12-15/h3,6-7,10-12,16H,2,4-5,8-9H2,1H3,(H2,21,22)/t16-/m1/s1. The van der Waals surface area contributed by atoms with Crippen molar-refractivity contribution >= 4 is 23.3 Å². The Labute approximate surface area is 147 Å². The van der Waals surface area contributed by atoms with Crippen molar-refractivity contribution in [1.29, 1.82) is 0 Å². The van der Waals surface area contributed by atoms with Gasteiger partial charge in [-0.2, -0.15) is 0 Å². The zero-order valence-corrected chi connectivity index (χ0v) is 14.6. The van der Waals surface area contributed by atoms with Gasteiger partial charge in [0.2, 0.25) is 0 Å². The maximum Gasteiger partial charge on any atom is 0.254 e. The third-order valence-corrected chi connectivity index (χ3v) is 4.88. The molecule has 0 unspecified atom stereocenters. The van der Waals surface area contributed by atoms with E-state index in [1.807, 2.05) is 29.2 Å². The highest BCUT2D eigenvalue weighted by molar-refractivity contribution is 6.33. The molecule has 1 aliphatic rings. The lowest BCUT2D eigenvalue weighted by molar-refractivity contribution is 0.0730. The molecule has 2 heterocycles. The van der Waals surface area contributed by atoms with Gasteiger partial charge >= 0.3 is 0 Å². The number of halogens is 1. The van der Waals surface area contributed by atoms with Gasteiger partial charge in [0.25, 0.3) is 5.91 Å². The van der Waals surface area contributed by atoms with E-state index in [0.29, 0.717) is 22.4 Å². The van der Waals surface area contributed by atoms with Gasteiger partial charge in [0, 0.05) is 29.9 Å². The molecule has 24 heavy (non-hydrogen) atoms. The molecule has 1 aliphatic heterocycles. The fourth-order valence-corrected chi connectivity index (χ4v) is 3.51. The third-order valence-electron chi connectivity index (χ3n) is 4.57. The monoisotopic (exact) mass is 343 g/mol. The van der Waals surface area contributed by atoms with Gasteiger partial charge in [-0.25, -0.2) is 4.98 Å². The first kappa shape index (κ1) is 16.8. The molecule has 1 fully saturated rings. The van der Waals surface area contributed by atoms with E-state index in [2.05, 4.69) is 11.9 Å². The fraction of sp³-hybridized carbons (Fsp3) is 0.368. The number of hydrogen-bond acceptors (Lipinski definition) is 3. The molecular weight excluding hydrogens is 322 g/mol. The van der Waals surface area contributed by atoms with E-state index >= 15 is 0 Å². The maximum atomic E-state index is 12.9. The van der Waals surface area contributed by atoms with Crippen molar-refractivity contribution in [2.24, 2.45) is 0 Å². The minimum absolute atomic E-state index is 0.113. The Bertz CT molecular complexity index is 747. The summed E-state index contributed by atoms with van der Waals surface area (Å²) in [5.41, 5.74) is 8.15. The molecule has 0 aliphatic carbocycles. The Morgan fingerprint density at radius 3 is 2.96 bits per heavy atom. The Kier molecular flexibility index (Phi) is 5.05. The Balaban J connectivity index is 1.87. The number of carbonyl (C=O) groups is 1. The molecule has 1 amide bonds. The highest BCUT2D eigenvalue weighted by Crippen LogP contribution is 2.28. The maximum absolute atomic E-state index is 12.9. The number of nitrogens with zero attached hydrogens (tertiary/aromatic N) is 2. The van der Waals surface area contributed by atoms with Crippen LogP contribution in [0.4, 0.5) is 5.82 Å². The number of aromatic nitrogens is 1. The van der Waals surface area contributed by atoms with Crippen LogP contribution in [0.5, 0.6) is 0 Å². The number of nitrogen functional groups attached to an aromatic ring is 1. The predicted octanol–water partition coefficient (Wildman–Crippen LogP) is 4.39. The van der Waals surface area contributed by atoms with Crippen LogP contribution in [0.3, 0.4) is 0 Å². The summed E-state index contributed by atoms with van der Waals surface area (Å²) in [4.78, 5) is 19.0. The van der Waals surface area contributed by atoms with Crippen LogP contribution >= 0.6 is 11.6 Å². The molecule has 0 spiro atoms. The van der Waals surface area contributed by atoms with Crippen molar-refractivity contribution in [3.63, 3.8) is 0 Å². The van der Waals surface area contributed by atoms with E-state index in [-0.39, 0.29) is 5.91 Å². The second-order valence-electron chi connectivity index (χ2n) is 6.26. The second kappa shape index (κ2) is 7.22. The average Bonchev–Trinajstić information content (AvgIpc) is 3.05. The minimum atomic E-state index is 0.113. The van der Waals surface area contributed by atoms with E-state index in [1.165, 1.54) is 0 Å². The first-order valence-corrected chi connectivity index (χ1v) is 8.80. The van der Waals surface area contributed by atoms with Crippen LogP contribution in [0, 0.1) is 0 Å². The lowest BCUT2D eigenvalue weighted by atomic mass is 10.0. The Morgan fingerprint density at radius 2 is 2.21 bits per heavy atom. The van der Waals surface area contributed by atoms with Crippen molar-refractivity contribution in [1.82, 2.24) is 9.88 Å². The summed E-state index contributed by atoms with van der Waals surface area (Å²) in [5.74, 6) is 0.425. The zero-order valence-electron chi connectivity index (χ0n) is 13.8. The first-order valence-electron chi connectivity index (χ1n) is 8.42. The number of amides is 1. The van der Waals surface area contributed by atoms with E-state index in [1.54, 1.807) is 12.3 Å². The van der Waals surface area contributed by atoms with Crippen LogP contribution in [-0.2, 0) is 0 Å². The summed E-state index contributed by atoms with van der Waals surface area (Å²) in [6.07, 6.45) is 6.05. The summed E-state index contributed by atoms with van der Waals surface area (Å²) in [7, 11) is 0. The molecule has 4 nitrogen and oxygen atoms in total. The van der Waals surface area contributed by atoms with Crippen LogP contribution < -0.4 is 5.73 Å². The summed E-state index contributed by atoms with van der Waals surface area (Å²) in [6.45, 7) is 3.02. The molecule has 5 heteroatoms. The van der Waals surface area contributed by atoms with Gasteiger partial charge in [-0.15, -0.1) is 0 Å². The topological polar surface area (TPSA) is 59.2 Å². The lowest BCUT2D eigenvalue weighted by Gasteiger charge is -2.24. The van der Waals surface area contributed by atoms with Crippen LogP contribution in [0.25, 0.3) is 11.1 Å². The van der Waals surface area contributed by atoms with Crippen molar-refractivity contribution in [2.75, 3.05) is 12.3 Å². The number of likely N-dealkylation sites (tertiary alicyclic amines) is 1. The number of carbonyl (C=O) groups excluding carboxylic acids is 1. The van der Waals surface area contributed by atoms with Crippen molar-refractivity contribution in [3.05, 3.63) is 47.1 Å². The van der Waals surface area contributed by atoms with Crippen molar-refractivity contribution in [3.8, 4) is 11.1 Å². The quantitative estimate of drug-likeness (QED) is 0.895. The molecule has 3 rings (SSSR count). The molecule has 0 saturated carbocycles. The summed E-state index contributed by atoms with van der Waals surface area (Å²) < 4.78 is 0. The highest BCUT2D eigenvalue weighted by atomic mass is 35.5. The third kappa shape index (κ3) is 3.39. The van der Waals surface area contributed by atoms with Crippen molar-refractivity contribution in [2.45, 2.75) is 38.6 Å². The Morgan fingerprint density at radius 1 is 1.38 bits per heavy atom. The molecule has 0 radical (unpaired) electrons. The molecule has 2 N–H and O–H groups in total. The van der Waals surface area contributed by atoms with Gasteiger partial charge in [-0.05, 0) is 43.0 Å². The zero-order chi connectivity index (χ0) is 17.1.